The number of nitrogens with one attached hydrogen (secondary N) is 1. The molecule has 6 heteroatoms. The predicted molar refractivity (Wildman–Crippen MR) is 95.0 cm³/mol. The van der Waals surface area contributed by atoms with Gasteiger partial charge in [-0.25, -0.2) is 4.98 Å². The Morgan fingerprint density at radius 2 is 1.88 bits per heavy atom. The lowest BCUT2D eigenvalue weighted by molar-refractivity contribution is -0.129. The van der Waals surface area contributed by atoms with Crippen LogP contribution in [-0.2, 0) is 11.2 Å². The predicted octanol–water partition coefficient (Wildman–Crippen LogP) is 2.89. The van der Waals surface area contributed by atoms with E-state index in [1.54, 1.807) is 12.1 Å². The van der Waals surface area contributed by atoms with Crippen LogP contribution in [0.25, 0.3) is 10.2 Å². The highest BCUT2D eigenvalue weighted by Crippen LogP contribution is 2.28. The van der Waals surface area contributed by atoms with Crippen molar-refractivity contribution in [1.82, 2.24) is 4.98 Å². The molecule has 124 valence electrons. The lowest BCUT2D eigenvalue weighted by atomic mass is 10.1. The second kappa shape index (κ2) is 7.09. The summed E-state index contributed by atoms with van der Waals surface area (Å²) in [6, 6.07) is 14.8. The van der Waals surface area contributed by atoms with E-state index in [1.807, 2.05) is 43.3 Å². The Labute approximate surface area is 143 Å². The normalized spacial score (nSPS) is 13.6. The van der Waals surface area contributed by atoms with Crippen LogP contribution in [0.5, 0.6) is 0 Å². The summed E-state index contributed by atoms with van der Waals surface area (Å²) in [6.45, 7) is 2.05. The second-order valence-electron chi connectivity index (χ2n) is 5.45. The minimum Gasteiger partial charge on any atom is -0.383 e. The number of para-hydroxylation sites is 1. The number of rotatable bonds is 5. The van der Waals surface area contributed by atoms with Crippen LogP contribution in [0.3, 0.4) is 0 Å². The number of fused-ring (bicyclic) bond motifs is 1. The van der Waals surface area contributed by atoms with Crippen molar-refractivity contribution in [3.63, 3.8) is 0 Å². The zero-order valence-corrected chi connectivity index (χ0v) is 14.0. The molecular weight excluding hydrogens is 324 g/mol. The highest BCUT2D eigenvalue weighted by molar-refractivity contribution is 7.18. The van der Waals surface area contributed by atoms with Gasteiger partial charge in [-0.2, -0.15) is 0 Å². The van der Waals surface area contributed by atoms with Crippen LogP contribution in [0.4, 0.5) is 5.69 Å². The van der Waals surface area contributed by atoms with Gasteiger partial charge >= 0.3 is 0 Å². The summed E-state index contributed by atoms with van der Waals surface area (Å²) in [5, 5.41) is 23.3. The molecule has 1 heterocycles. The number of benzene rings is 2. The van der Waals surface area contributed by atoms with Gasteiger partial charge in [-0.15, -0.1) is 11.3 Å². The molecule has 3 aromatic rings. The Kier molecular flexibility index (Phi) is 4.89. The number of aryl methyl sites for hydroxylation is 1. The van der Waals surface area contributed by atoms with E-state index >= 15 is 0 Å². The third kappa shape index (κ3) is 3.46. The molecule has 0 bridgehead atoms. The van der Waals surface area contributed by atoms with Crippen LogP contribution in [-0.4, -0.2) is 27.2 Å². The third-order valence-corrected chi connectivity index (χ3v) is 4.87. The zero-order valence-electron chi connectivity index (χ0n) is 13.1. The topological polar surface area (TPSA) is 82.5 Å². The molecule has 0 saturated heterocycles. The SMILES string of the molecule is CCc1ccc(NC(=O)C(O)C(O)c2nc3ccccc3s2)cc1. The molecule has 0 aliphatic heterocycles. The molecule has 0 aliphatic rings. The zero-order chi connectivity index (χ0) is 17.1. The van der Waals surface area contributed by atoms with Gasteiger partial charge in [0.1, 0.15) is 11.1 Å². The number of amides is 1. The fourth-order valence-electron chi connectivity index (χ4n) is 2.33. The van der Waals surface area contributed by atoms with Crippen molar-refractivity contribution >= 4 is 33.1 Å². The number of hydrogen-bond donors (Lipinski definition) is 3. The maximum Gasteiger partial charge on any atom is 0.256 e. The van der Waals surface area contributed by atoms with E-state index in [2.05, 4.69) is 10.3 Å². The summed E-state index contributed by atoms with van der Waals surface area (Å²) >= 11 is 1.26. The first kappa shape index (κ1) is 16.6. The van der Waals surface area contributed by atoms with E-state index in [-0.39, 0.29) is 0 Å². The number of carbonyl (C=O) groups is 1. The maximum absolute atomic E-state index is 12.2. The molecule has 24 heavy (non-hydrogen) atoms. The highest BCUT2D eigenvalue weighted by atomic mass is 32.1. The van der Waals surface area contributed by atoms with Crippen LogP contribution >= 0.6 is 11.3 Å². The number of hydrogen-bond acceptors (Lipinski definition) is 5. The molecule has 0 radical (unpaired) electrons. The van der Waals surface area contributed by atoms with Gasteiger partial charge in [-0.3, -0.25) is 4.79 Å². The average Bonchev–Trinajstić information content (AvgIpc) is 3.05. The Morgan fingerprint density at radius 1 is 1.17 bits per heavy atom. The molecule has 3 rings (SSSR count). The lowest BCUT2D eigenvalue weighted by Crippen LogP contribution is -2.33. The van der Waals surface area contributed by atoms with Crippen molar-refractivity contribution < 1.29 is 15.0 Å². The number of carbonyl (C=O) groups excluding carboxylic acids is 1. The summed E-state index contributed by atoms with van der Waals surface area (Å²) in [6.07, 6.45) is -2.04. The molecule has 2 unspecified atom stereocenters. The van der Waals surface area contributed by atoms with E-state index < -0.39 is 18.1 Å². The van der Waals surface area contributed by atoms with E-state index in [0.717, 1.165) is 22.2 Å². The first-order valence-electron chi connectivity index (χ1n) is 7.70. The summed E-state index contributed by atoms with van der Waals surface area (Å²) in [5.41, 5.74) is 2.47. The number of aliphatic hydroxyl groups is 2. The molecule has 0 spiro atoms. The van der Waals surface area contributed by atoms with Gasteiger partial charge in [0.2, 0.25) is 0 Å². The second-order valence-corrected chi connectivity index (χ2v) is 6.51. The van der Waals surface area contributed by atoms with Gasteiger partial charge in [0.05, 0.1) is 10.2 Å². The minimum atomic E-state index is -1.59. The van der Waals surface area contributed by atoms with E-state index in [0.29, 0.717) is 10.7 Å². The van der Waals surface area contributed by atoms with Crippen molar-refractivity contribution in [3.05, 3.63) is 59.1 Å². The highest BCUT2D eigenvalue weighted by Gasteiger charge is 2.28. The van der Waals surface area contributed by atoms with Crippen molar-refractivity contribution in [3.8, 4) is 0 Å². The fraction of sp³-hybridized carbons (Fsp3) is 0.222. The number of aromatic nitrogens is 1. The summed E-state index contributed by atoms with van der Waals surface area (Å²) in [5.74, 6) is -0.661. The van der Waals surface area contributed by atoms with Gasteiger partial charge in [0, 0.05) is 5.69 Å². The summed E-state index contributed by atoms with van der Waals surface area (Å²) in [7, 11) is 0. The van der Waals surface area contributed by atoms with Gasteiger partial charge in [-0.05, 0) is 36.2 Å². The molecule has 0 aliphatic carbocycles. The van der Waals surface area contributed by atoms with Crippen molar-refractivity contribution in [2.24, 2.45) is 0 Å². The van der Waals surface area contributed by atoms with E-state index in [1.165, 1.54) is 11.3 Å². The number of nitrogens with zero attached hydrogens (tertiary/aromatic N) is 1. The lowest BCUT2D eigenvalue weighted by Gasteiger charge is -2.15. The Morgan fingerprint density at radius 3 is 2.54 bits per heavy atom. The van der Waals surface area contributed by atoms with Gasteiger partial charge < -0.3 is 15.5 Å². The van der Waals surface area contributed by atoms with E-state index in [4.69, 9.17) is 0 Å². The Hall–Kier alpha value is -2.28. The Balaban J connectivity index is 1.71. The number of anilines is 1. The summed E-state index contributed by atoms with van der Waals surface area (Å²) in [4.78, 5) is 16.4. The Bertz CT molecular complexity index is 812. The molecule has 2 atom stereocenters. The number of thiazole rings is 1. The molecule has 3 N–H and O–H groups in total. The largest absolute Gasteiger partial charge is 0.383 e. The van der Waals surface area contributed by atoms with Gasteiger partial charge in [0.15, 0.2) is 6.10 Å². The monoisotopic (exact) mass is 342 g/mol. The fourth-order valence-corrected chi connectivity index (χ4v) is 3.32. The third-order valence-electron chi connectivity index (χ3n) is 3.76. The number of aliphatic hydroxyl groups excluding tert-OH is 2. The smallest absolute Gasteiger partial charge is 0.256 e. The standard InChI is InChI=1S/C18H18N2O3S/c1-2-11-7-9-12(10-8-11)19-17(23)15(21)16(22)18-20-13-5-3-4-6-14(13)24-18/h3-10,15-16,21-22H,2H2,1H3,(H,19,23). The molecular formula is C18H18N2O3S. The average molecular weight is 342 g/mol. The molecule has 1 amide bonds. The molecule has 1 aromatic heterocycles. The quantitative estimate of drug-likeness (QED) is 0.666. The van der Waals surface area contributed by atoms with Crippen LogP contribution in [0.2, 0.25) is 0 Å². The van der Waals surface area contributed by atoms with Crippen molar-refractivity contribution in [2.45, 2.75) is 25.6 Å². The van der Waals surface area contributed by atoms with Gasteiger partial charge in [0.25, 0.3) is 5.91 Å². The summed E-state index contributed by atoms with van der Waals surface area (Å²) < 4.78 is 0.898. The van der Waals surface area contributed by atoms with Crippen LogP contribution in [0, 0.1) is 0 Å². The van der Waals surface area contributed by atoms with Crippen LogP contribution in [0.1, 0.15) is 23.6 Å². The minimum absolute atomic E-state index is 0.320. The van der Waals surface area contributed by atoms with Crippen molar-refractivity contribution in [2.75, 3.05) is 5.32 Å². The van der Waals surface area contributed by atoms with E-state index in [9.17, 15) is 15.0 Å². The molecule has 0 fully saturated rings. The van der Waals surface area contributed by atoms with Crippen LogP contribution in [0.15, 0.2) is 48.5 Å². The maximum atomic E-state index is 12.2. The molecule has 0 saturated carbocycles. The molecule has 5 nitrogen and oxygen atoms in total. The van der Waals surface area contributed by atoms with Crippen LogP contribution < -0.4 is 5.32 Å². The first-order valence-corrected chi connectivity index (χ1v) is 8.51. The van der Waals surface area contributed by atoms with Gasteiger partial charge in [-0.1, -0.05) is 31.2 Å². The molecule has 2 aromatic carbocycles. The first-order chi connectivity index (χ1) is 11.6. The van der Waals surface area contributed by atoms with Crippen molar-refractivity contribution in [1.29, 1.82) is 0 Å².